The van der Waals surface area contributed by atoms with Gasteiger partial charge in [0.05, 0.1) is 12.1 Å². The Balaban J connectivity index is 2.46. The van der Waals surface area contributed by atoms with Crippen molar-refractivity contribution in [3.63, 3.8) is 0 Å². The predicted molar refractivity (Wildman–Crippen MR) is 71.7 cm³/mol. The van der Waals surface area contributed by atoms with E-state index < -0.39 is 23.7 Å². The number of halogens is 3. The van der Waals surface area contributed by atoms with Crippen molar-refractivity contribution in [2.24, 2.45) is 0 Å². The number of anilines is 1. The number of carbonyl (C=O) groups is 2. The summed E-state index contributed by atoms with van der Waals surface area (Å²) in [5.41, 5.74) is -0.575. The zero-order chi connectivity index (χ0) is 16.0. The third-order valence-corrected chi connectivity index (χ3v) is 2.33. The highest BCUT2D eigenvalue weighted by atomic mass is 19.4. The molecule has 1 rings (SSSR count). The van der Waals surface area contributed by atoms with Crippen LogP contribution in [0, 0.1) is 0 Å². The first-order valence-electron chi connectivity index (χ1n) is 6.20. The van der Waals surface area contributed by atoms with Crippen LogP contribution in [0.15, 0.2) is 24.3 Å². The van der Waals surface area contributed by atoms with E-state index in [9.17, 15) is 22.8 Å². The fourth-order valence-corrected chi connectivity index (χ4v) is 1.42. The summed E-state index contributed by atoms with van der Waals surface area (Å²) in [6, 6.07) is 3.47. The van der Waals surface area contributed by atoms with Crippen LogP contribution in [-0.4, -0.2) is 24.5 Å². The first kappa shape index (κ1) is 16.8. The van der Waals surface area contributed by atoms with Gasteiger partial charge in [0.1, 0.15) is 0 Å². The van der Waals surface area contributed by atoms with Crippen molar-refractivity contribution < 1.29 is 22.8 Å². The van der Waals surface area contributed by atoms with Gasteiger partial charge in [-0.25, -0.2) is 4.79 Å². The number of urea groups is 1. The summed E-state index contributed by atoms with van der Waals surface area (Å²) in [5.74, 6) is -0.534. The van der Waals surface area contributed by atoms with Gasteiger partial charge in [0.25, 0.3) is 0 Å². The second kappa shape index (κ2) is 6.96. The number of benzene rings is 1. The molecular formula is C13H16F3N3O2. The van der Waals surface area contributed by atoms with E-state index in [4.69, 9.17) is 0 Å². The van der Waals surface area contributed by atoms with Crippen LogP contribution in [0.3, 0.4) is 0 Å². The molecule has 0 aliphatic carbocycles. The fourth-order valence-electron chi connectivity index (χ4n) is 1.42. The monoisotopic (exact) mass is 303 g/mol. The Kier molecular flexibility index (Phi) is 5.57. The van der Waals surface area contributed by atoms with Crippen molar-refractivity contribution in [3.05, 3.63) is 29.8 Å². The zero-order valence-electron chi connectivity index (χ0n) is 11.5. The lowest BCUT2D eigenvalue weighted by Crippen LogP contribution is -2.42. The molecule has 3 N–H and O–H groups in total. The number of hydrogen-bond acceptors (Lipinski definition) is 2. The summed E-state index contributed by atoms with van der Waals surface area (Å²) in [6.07, 6.45) is -4.42. The Hall–Kier alpha value is -2.25. The molecule has 21 heavy (non-hydrogen) atoms. The van der Waals surface area contributed by atoms with E-state index in [-0.39, 0.29) is 18.3 Å². The van der Waals surface area contributed by atoms with Crippen LogP contribution in [0.2, 0.25) is 0 Å². The van der Waals surface area contributed by atoms with Crippen LogP contribution in [-0.2, 0) is 11.0 Å². The average Bonchev–Trinajstić information content (AvgIpc) is 2.35. The topological polar surface area (TPSA) is 70.2 Å². The molecule has 0 radical (unpaired) electrons. The molecule has 0 bridgehead atoms. The largest absolute Gasteiger partial charge is 0.416 e. The zero-order valence-corrected chi connectivity index (χ0v) is 11.5. The summed E-state index contributed by atoms with van der Waals surface area (Å²) in [6.45, 7) is 3.25. The lowest BCUT2D eigenvalue weighted by atomic mass is 10.2. The summed E-state index contributed by atoms with van der Waals surface area (Å²) < 4.78 is 37.1. The van der Waals surface area contributed by atoms with Gasteiger partial charge in [-0.1, -0.05) is 0 Å². The molecule has 0 fully saturated rings. The number of rotatable bonds is 4. The van der Waals surface area contributed by atoms with E-state index in [1.54, 1.807) is 13.8 Å². The Bertz CT molecular complexity index is 498. The van der Waals surface area contributed by atoms with Crippen molar-refractivity contribution >= 4 is 17.6 Å². The van der Waals surface area contributed by atoms with Crippen LogP contribution in [0.1, 0.15) is 19.4 Å². The van der Waals surface area contributed by atoms with Crippen LogP contribution in [0.25, 0.3) is 0 Å². The molecule has 0 aliphatic rings. The van der Waals surface area contributed by atoms with Gasteiger partial charge >= 0.3 is 12.2 Å². The highest BCUT2D eigenvalue weighted by Crippen LogP contribution is 2.29. The van der Waals surface area contributed by atoms with E-state index >= 15 is 0 Å². The molecule has 0 saturated heterocycles. The van der Waals surface area contributed by atoms with Gasteiger partial charge < -0.3 is 16.0 Å². The molecule has 0 aromatic heterocycles. The van der Waals surface area contributed by atoms with Crippen LogP contribution < -0.4 is 16.0 Å². The van der Waals surface area contributed by atoms with E-state index in [0.717, 1.165) is 24.3 Å². The molecule has 1 aromatic rings. The van der Waals surface area contributed by atoms with Crippen molar-refractivity contribution in [2.45, 2.75) is 26.1 Å². The minimum absolute atomic E-state index is 0.0667. The summed E-state index contributed by atoms with van der Waals surface area (Å²) in [7, 11) is 0. The van der Waals surface area contributed by atoms with Crippen molar-refractivity contribution in [1.82, 2.24) is 10.6 Å². The molecule has 1 aromatic carbocycles. The van der Waals surface area contributed by atoms with Crippen molar-refractivity contribution in [3.8, 4) is 0 Å². The summed E-state index contributed by atoms with van der Waals surface area (Å²) >= 11 is 0. The minimum Gasteiger partial charge on any atom is -0.336 e. The Morgan fingerprint density at radius 2 is 1.71 bits per heavy atom. The molecule has 3 amide bonds. The van der Waals surface area contributed by atoms with Crippen LogP contribution >= 0.6 is 0 Å². The number of nitrogens with one attached hydrogen (secondary N) is 3. The molecule has 0 saturated carbocycles. The number of amides is 3. The van der Waals surface area contributed by atoms with Gasteiger partial charge in [0.2, 0.25) is 5.91 Å². The van der Waals surface area contributed by atoms with Gasteiger partial charge in [0, 0.05) is 11.7 Å². The normalized spacial score (nSPS) is 11.1. The van der Waals surface area contributed by atoms with Crippen LogP contribution in [0.5, 0.6) is 0 Å². The van der Waals surface area contributed by atoms with Crippen molar-refractivity contribution in [2.75, 3.05) is 11.9 Å². The van der Waals surface area contributed by atoms with Crippen LogP contribution in [0.4, 0.5) is 23.7 Å². The maximum absolute atomic E-state index is 12.4. The molecule has 0 aliphatic heterocycles. The SMILES string of the molecule is CC(C)NC(=O)NCC(=O)Nc1ccc(C(F)(F)F)cc1. The van der Waals surface area contributed by atoms with E-state index in [1.807, 2.05) is 0 Å². The summed E-state index contributed by atoms with van der Waals surface area (Å²) in [5, 5.41) is 7.24. The second-order valence-electron chi connectivity index (χ2n) is 4.61. The molecule has 0 spiro atoms. The van der Waals surface area contributed by atoms with E-state index in [1.165, 1.54) is 0 Å². The molecule has 0 heterocycles. The lowest BCUT2D eigenvalue weighted by molar-refractivity contribution is -0.137. The first-order chi connectivity index (χ1) is 9.68. The Morgan fingerprint density at radius 1 is 1.14 bits per heavy atom. The smallest absolute Gasteiger partial charge is 0.336 e. The van der Waals surface area contributed by atoms with Crippen molar-refractivity contribution in [1.29, 1.82) is 0 Å². The Labute approximate surface area is 119 Å². The molecule has 0 unspecified atom stereocenters. The van der Waals surface area contributed by atoms with Gasteiger partial charge in [-0.2, -0.15) is 13.2 Å². The van der Waals surface area contributed by atoms with Gasteiger partial charge in [-0.3, -0.25) is 4.79 Å². The molecule has 116 valence electrons. The molecular weight excluding hydrogens is 287 g/mol. The van der Waals surface area contributed by atoms with E-state index in [0.29, 0.717) is 0 Å². The number of carbonyl (C=O) groups excluding carboxylic acids is 2. The third kappa shape index (κ3) is 6.15. The number of alkyl halides is 3. The second-order valence-corrected chi connectivity index (χ2v) is 4.61. The van der Waals surface area contributed by atoms with Gasteiger partial charge in [-0.15, -0.1) is 0 Å². The fraction of sp³-hybridized carbons (Fsp3) is 0.385. The predicted octanol–water partition coefficient (Wildman–Crippen LogP) is 2.35. The minimum atomic E-state index is -4.42. The maximum atomic E-state index is 12.4. The van der Waals surface area contributed by atoms with E-state index in [2.05, 4.69) is 16.0 Å². The Morgan fingerprint density at radius 3 is 2.19 bits per heavy atom. The molecule has 0 atom stereocenters. The van der Waals surface area contributed by atoms with Gasteiger partial charge in [0.15, 0.2) is 0 Å². The highest BCUT2D eigenvalue weighted by Gasteiger charge is 2.29. The third-order valence-electron chi connectivity index (χ3n) is 2.33. The summed E-state index contributed by atoms with van der Waals surface area (Å²) in [4.78, 5) is 22.7. The average molecular weight is 303 g/mol. The molecule has 8 heteroatoms. The molecule has 5 nitrogen and oxygen atoms in total. The number of hydrogen-bond donors (Lipinski definition) is 3. The standard InChI is InChI=1S/C13H16F3N3O2/c1-8(2)18-12(21)17-7-11(20)19-10-5-3-9(4-6-10)13(14,15)16/h3-6,8H,7H2,1-2H3,(H,19,20)(H2,17,18,21). The lowest BCUT2D eigenvalue weighted by Gasteiger charge is -2.11. The highest BCUT2D eigenvalue weighted by molar-refractivity contribution is 5.94. The first-order valence-corrected chi connectivity index (χ1v) is 6.20. The van der Waals surface area contributed by atoms with Gasteiger partial charge in [-0.05, 0) is 38.1 Å². The maximum Gasteiger partial charge on any atom is 0.416 e. The quantitative estimate of drug-likeness (QED) is 0.799.